The summed E-state index contributed by atoms with van der Waals surface area (Å²) in [6, 6.07) is 5.82. The van der Waals surface area contributed by atoms with Crippen LogP contribution in [0.3, 0.4) is 0 Å². The van der Waals surface area contributed by atoms with E-state index in [2.05, 4.69) is 10.1 Å². The van der Waals surface area contributed by atoms with Gasteiger partial charge in [0.1, 0.15) is 10.0 Å². The third-order valence-electron chi connectivity index (χ3n) is 4.09. The van der Waals surface area contributed by atoms with Gasteiger partial charge in [0.05, 0.1) is 11.7 Å². The SMILES string of the molecule is O=C(c1nc(-c2cnn3ccccc23)c(Cl)s1)N1CCCCC1. The minimum absolute atomic E-state index is 0.0145. The molecule has 118 valence electrons. The molecule has 0 bridgehead atoms. The Balaban J connectivity index is 1.71. The van der Waals surface area contributed by atoms with Gasteiger partial charge in [0, 0.05) is 24.8 Å². The fourth-order valence-electron chi connectivity index (χ4n) is 2.91. The second-order valence-electron chi connectivity index (χ2n) is 5.58. The monoisotopic (exact) mass is 346 g/mol. The predicted octanol–water partition coefficient (Wildman–Crippen LogP) is 3.74. The van der Waals surface area contributed by atoms with Gasteiger partial charge in [0.15, 0.2) is 5.01 Å². The van der Waals surface area contributed by atoms with Gasteiger partial charge >= 0.3 is 0 Å². The Labute approximate surface area is 142 Å². The summed E-state index contributed by atoms with van der Waals surface area (Å²) >= 11 is 7.62. The maximum atomic E-state index is 12.6. The molecule has 1 saturated heterocycles. The standard InChI is InChI=1S/C16H15ClN4OS/c17-14-13(11-10-18-21-9-5-2-6-12(11)21)19-15(23-14)16(22)20-7-3-1-4-8-20/h2,5-6,9-10H,1,3-4,7-8H2. The van der Waals surface area contributed by atoms with Crippen LogP contribution >= 0.6 is 22.9 Å². The molecule has 4 rings (SSSR count). The van der Waals surface area contributed by atoms with Crippen molar-refractivity contribution in [1.82, 2.24) is 19.5 Å². The highest BCUT2D eigenvalue weighted by Gasteiger charge is 2.24. The Morgan fingerprint density at radius 2 is 2.04 bits per heavy atom. The lowest BCUT2D eigenvalue weighted by Gasteiger charge is -2.25. The van der Waals surface area contributed by atoms with Crippen LogP contribution in [0.1, 0.15) is 29.1 Å². The number of aromatic nitrogens is 3. The summed E-state index contributed by atoms with van der Waals surface area (Å²) in [5, 5.41) is 4.77. The summed E-state index contributed by atoms with van der Waals surface area (Å²) in [4.78, 5) is 19.0. The average molecular weight is 347 g/mol. The van der Waals surface area contributed by atoms with Gasteiger partial charge in [-0.05, 0) is 31.4 Å². The van der Waals surface area contributed by atoms with Crippen molar-refractivity contribution in [1.29, 1.82) is 0 Å². The van der Waals surface area contributed by atoms with Crippen molar-refractivity contribution in [2.45, 2.75) is 19.3 Å². The highest BCUT2D eigenvalue weighted by molar-refractivity contribution is 7.18. The van der Waals surface area contributed by atoms with Crippen LogP contribution in [-0.4, -0.2) is 38.5 Å². The number of fused-ring (bicyclic) bond motifs is 1. The zero-order valence-corrected chi connectivity index (χ0v) is 14.0. The molecule has 0 saturated carbocycles. The van der Waals surface area contributed by atoms with Crippen LogP contribution in [0.25, 0.3) is 16.8 Å². The van der Waals surface area contributed by atoms with Crippen molar-refractivity contribution in [3.8, 4) is 11.3 Å². The van der Waals surface area contributed by atoms with Crippen molar-refractivity contribution in [3.63, 3.8) is 0 Å². The molecule has 5 nitrogen and oxygen atoms in total. The maximum Gasteiger partial charge on any atom is 0.282 e. The number of pyridine rings is 1. The summed E-state index contributed by atoms with van der Waals surface area (Å²) in [6.45, 7) is 1.62. The van der Waals surface area contributed by atoms with Crippen molar-refractivity contribution in [3.05, 3.63) is 39.9 Å². The summed E-state index contributed by atoms with van der Waals surface area (Å²) in [6.07, 6.45) is 6.93. The summed E-state index contributed by atoms with van der Waals surface area (Å²) in [5.41, 5.74) is 2.42. The summed E-state index contributed by atoms with van der Waals surface area (Å²) < 4.78 is 2.31. The lowest BCUT2D eigenvalue weighted by molar-refractivity contribution is 0.0724. The molecule has 0 atom stereocenters. The van der Waals surface area contributed by atoms with Crippen LogP contribution in [0, 0.1) is 0 Å². The van der Waals surface area contributed by atoms with E-state index in [0.717, 1.165) is 37.0 Å². The minimum atomic E-state index is -0.0145. The number of carbonyl (C=O) groups is 1. The molecular weight excluding hydrogens is 332 g/mol. The smallest absolute Gasteiger partial charge is 0.282 e. The molecule has 7 heteroatoms. The number of amides is 1. The topological polar surface area (TPSA) is 50.5 Å². The van der Waals surface area contributed by atoms with E-state index in [1.54, 1.807) is 10.7 Å². The molecule has 0 aromatic carbocycles. The summed E-state index contributed by atoms with van der Waals surface area (Å²) in [5.74, 6) is -0.0145. The van der Waals surface area contributed by atoms with E-state index in [9.17, 15) is 4.79 Å². The third-order valence-corrected chi connectivity index (χ3v) is 5.34. The van der Waals surface area contributed by atoms with E-state index in [0.29, 0.717) is 15.0 Å². The Hall–Kier alpha value is -1.92. The number of nitrogens with zero attached hydrogens (tertiary/aromatic N) is 4. The third kappa shape index (κ3) is 2.62. The molecule has 0 unspecified atom stereocenters. The van der Waals surface area contributed by atoms with Gasteiger partial charge in [0.2, 0.25) is 0 Å². The number of piperidine rings is 1. The van der Waals surface area contributed by atoms with Crippen LogP contribution in [0.15, 0.2) is 30.6 Å². The number of carbonyl (C=O) groups excluding carboxylic acids is 1. The number of likely N-dealkylation sites (tertiary alicyclic amines) is 1. The van der Waals surface area contributed by atoms with Gasteiger partial charge < -0.3 is 4.90 Å². The van der Waals surface area contributed by atoms with Crippen LogP contribution < -0.4 is 0 Å². The highest BCUT2D eigenvalue weighted by atomic mass is 35.5. The molecule has 3 aromatic rings. The van der Waals surface area contributed by atoms with Gasteiger partial charge in [-0.1, -0.05) is 29.0 Å². The normalized spacial score (nSPS) is 15.3. The molecule has 4 heterocycles. The van der Waals surface area contributed by atoms with Gasteiger partial charge in [0.25, 0.3) is 5.91 Å². The first kappa shape index (κ1) is 14.7. The predicted molar refractivity (Wildman–Crippen MR) is 91.1 cm³/mol. The fourth-order valence-corrected chi connectivity index (χ4v) is 4.05. The van der Waals surface area contributed by atoms with Gasteiger partial charge in [-0.2, -0.15) is 5.10 Å². The van der Waals surface area contributed by atoms with Crippen molar-refractivity contribution >= 4 is 34.4 Å². The Kier molecular flexibility index (Phi) is 3.79. The van der Waals surface area contributed by atoms with Crippen LogP contribution in [-0.2, 0) is 0 Å². The number of hydrogen-bond acceptors (Lipinski definition) is 4. The molecule has 1 aliphatic heterocycles. The van der Waals surface area contributed by atoms with Gasteiger partial charge in [-0.25, -0.2) is 9.50 Å². The van der Waals surface area contributed by atoms with Crippen molar-refractivity contribution in [2.24, 2.45) is 0 Å². The maximum absolute atomic E-state index is 12.6. The molecule has 3 aromatic heterocycles. The molecule has 0 N–H and O–H groups in total. The van der Waals surface area contributed by atoms with Crippen LogP contribution in [0.2, 0.25) is 4.34 Å². The highest BCUT2D eigenvalue weighted by Crippen LogP contribution is 2.35. The second-order valence-corrected chi connectivity index (χ2v) is 7.18. The molecule has 23 heavy (non-hydrogen) atoms. The van der Waals surface area contributed by atoms with E-state index in [4.69, 9.17) is 11.6 Å². The largest absolute Gasteiger partial charge is 0.337 e. The molecule has 1 fully saturated rings. The Morgan fingerprint density at radius 3 is 2.87 bits per heavy atom. The number of hydrogen-bond donors (Lipinski definition) is 0. The van der Waals surface area contributed by atoms with Crippen LogP contribution in [0.5, 0.6) is 0 Å². The Bertz CT molecular complexity index is 866. The molecule has 0 aliphatic carbocycles. The van der Waals surface area contributed by atoms with E-state index in [1.165, 1.54) is 17.8 Å². The number of halogens is 1. The zero-order valence-electron chi connectivity index (χ0n) is 12.4. The first-order valence-corrected chi connectivity index (χ1v) is 8.82. The quantitative estimate of drug-likeness (QED) is 0.710. The first-order chi connectivity index (χ1) is 11.2. The molecule has 0 spiro atoms. The lowest BCUT2D eigenvalue weighted by atomic mass is 10.1. The van der Waals surface area contributed by atoms with Crippen LogP contribution in [0.4, 0.5) is 0 Å². The molecule has 1 aliphatic rings. The van der Waals surface area contributed by atoms with Gasteiger partial charge in [-0.15, -0.1) is 0 Å². The van der Waals surface area contributed by atoms with Gasteiger partial charge in [-0.3, -0.25) is 4.79 Å². The van der Waals surface area contributed by atoms with Crippen molar-refractivity contribution < 1.29 is 4.79 Å². The van der Waals surface area contributed by atoms with E-state index < -0.39 is 0 Å². The number of rotatable bonds is 2. The van der Waals surface area contributed by atoms with Crippen molar-refractivity contribution in [2.75, 3.05) is 13.1 Å². The zero-order chi connectivity index (χ0) is 15.8. The first-order valence-electron chi connectivity index (χ1n) is 7.62. The van der Waals surface area contributed by atoms with E-state index >= 15 is 0 Å². The average Bonchev–Trinajstić information content (AvgIpc) is 3.18. The molecule has 0 radical (unpaired) electrons. The second kappa shape index (κ2) is 5.94. The molecule has 1 amide bonds. The summed E-state index contributed by atoms with van der Waals surface area (Å²) in [7, 11) is 0. The van der Waals surface area contributed by atoms with E-state index in [1.807, 2.05) is 29.3 Å². The lowest BCUT2D eigenvalue weighted by Crippen LogP contribution is -2.35. The fraction of sp³-hybridized carbons (Fsp3) is 0.312. The Morgan fingerprint density at radius 1 is 1.22 bits per heavy atom. The number of thiazole rings is 1. The molecular formula is C16H15ClN4OS. The van der Waals surface area contributed by atoms with E-state index in [-0.39, 0.29) is 5.91 Å². The minimum Gasteiger partial charge on any atom is -0.337 e.